The van der Waals surface area contributed by atoms with Crippen LogP contribution in [0.25, 0.3) is 60.6 Å². The van der Waals surface area contributed by atoms with E-state index in [9.17, 15) is 5.11 Å². The van der Waals surface area contributed by atoms with Crippen molar-refractivity contribution in [3.63, 3.8) is 0 Å². The van der Waals surface area contributed by atoms with Crippen molar-refractivity contribution in [3.05, 3.63) is 129 Å². The van der Waals surface area contributed by atoms with Gasteiger partial charge in [0.15, 0.2) is 0 Å². The Morgan fingerprint density at radius 2 is 1.44 bits per heavy atom. The van der Waals surface area contributed by atoms with Crippen LogP contribution in [0.15, 0.2) is 78.9 Å². The topological polar surface area (TPSA) is 63.8 Å². The van der Waals surface area contributed by atoms with Crippen LogP contribution in [0.5, 0.6) is 5.75 Å². The summed E-state index contributed by atoms with van der Waals surface area (Å²) >= 11 is 1.86. The van der Waals surface area contributed by atoms with Gasteiger partial charge < -0.3 is 5.11 Å². The number of nitrogens with zero attached hydrogens (tertiary/aromatic N) is 4. The second kappa shape index (κ2) is 16.5. The zero-order valence-electron chi connectivity index (χ0n) is 39.9. The van der Waals surface area contributed by atoms with Gasteiger partial charge in [0.05, 0.1) is 22.3 Å². The summed E-state index contributed by atoms with van der Waals surface area (Å²) in [4.78, 5) is 7.06. The van der Waals surface area contributed by atoms with Crippen LogP contribution in [0.3, 0.4) is 0 Å². The Bertz CT molecular complexity index is 3120. The monoisotopic (exact) mass is 1040 g/mol. The maximum atomic E-state index is 11.9. The Balaban J connectivity index is 0.00000560. The fraction of sp³-hybridized carbons (Fsp3) is 0.339. The first-order chi connectivity index (χ1) is 29.7. The summed E-state index contributed by atoms with van der Waals surface area (Å²) in [6, 6.07) is 33.0. The molecule has 0 amide bonds. The van der Waals surface area contributed by atoms with Crippen LogP contribution in [-0.2, 0) is 32.9 Å². The normalized spacial score (nSPS) is 12.8. The van der Waals surface area contributed by atoms with Crippen LogP contribution >= 0.6 is 11.3 Å². The maximum Gasteiger partial charge on any atom is 0.247 e. The second-order valence-electron chi connectivity index (χ2n) is 21.0. The van der Waals surface area contributed by atoms with Gasteiger partial charge in [0.1, 0.15) is 11.6 Å². The van der Waals surface area contributed by atoms with E-state index in [2.05, 4.69) is 173 Å². The number of hydrogen-bond donors (Lipinski definition) is 1. The Morgan fingerprint density at radius 3 is 2.09 bits per heavy atom. The van der Waals surface area contributed by atoms with E-state index >= 15 is 0 Å². The Hall–Kier alpha value is -4.84. The minimum atomic E-state index is -0.170. The van der Waals surface area contributed by atoms with E-state index in [0.29, 0.717) is 11.8 Å². The molecule has 330 valence electrons. The van der Waals surface area contributed by atoms with Gasteiger partial charge in [0.2, 0.25) is 6.71 Å². The first kappa shape index (κ1) is 45.7. The van der Waals surface area contributed by atoms with Crippen LogP contribution in [0.1, 0.15) is 125 Å². The molecular formula is C56H60BN4OPtS-. The molecule has 9 rings (SSSR count). The average Bonchev–Trinajstić information content (AvgIpc) is 3.77. The molecule has 4 heterocycles. The molecule has 5 nitrogen and oxygen atoms in total. The number of aromatic nitrogens is 4. The summed E-state index contributed by atoms with van der Waals surface area (Å²) in [5, 5.41) is 22.8. The number of thiophene rings is 1. The van der Waals surface area contributed by atoms with Gasteiger partial charge in [-0.05, 0) is 108 Å². The SMILES string of the molecule is Cc1cc(C)c(O)c(-c2nc3c(-c4[c-]c(-c5nnc(C)c6c(C)c(CC(C)(C)C)sc56)cc(C(C)(C)C)c4)ccc4c3n2-c2ccccc2B4c2c(C(C)C)cccc2C(C)C)c1.[Pt]. The summed E-state index contributed by atoms with van der Waals surface area (Å²) in [5.74, 6) is 1.64. The first-order valence-corrected chi connectivity index (χ1v) is 23.5. The van der Waals surface area contributed by atoms with Crippen LogP contribution in [-0.4, -0.2) is 31.6 Å². The minimum absolute atomic E-state index is 0. The number of imidazole rings is 1. The van der Waals surface area contributed by atoms with Crippen molar-refractivity contribution < 1.29 is 26.2 Å². The Kier molecular flexibility index (Phi) is 11.8. The molecule has 0 aliphatic carbocycles. The first-order valence-electron chi connectivity index (χ1n) is 22.6. The van der Waals surface area contributed by atoms with Gasteiger partial charge in [-0.3, -0.25) is 4.57 Å². The molecule has 1 aliphatic rings. The maximum absolute atomic E-state index is 11.9. The predicted octanol–water partition coefficient (Wildman–Crippen LogP) is 12.7. The van der Waals surface area contributed by atoms with Crippen molar-refractivity contribution in [1.82, 2.24) is 19.7 Å². The van der Waals surface area contributed by atoms with Gasteiger partial charge in [-0.15, -0.1) is 40.7 Å². The predicted molar refractivity (Wildman–Crippen MR) is 269 cm³/mol. The van der Waals surface area contributed by atoms with E-state index in [1.54, 1.807) is 0 Å². The van der Waals surface area contributed by atoms with Crippen molar-refractivity contribution in [3.8, 4) is 45.2 Å². The number of benzene rings is 5. The molecule has 64 heavy (non-hydrogen) atoms. The van der Waals surface area contributed by atoms with Gasteiger partial charge in [-0.1, -0.05) is 140 Å². The number of phenolic OH excluding ortho intramolecular Hbond substituents is 1. The van der Waals surface area contributed by atoms with Gasteiger partial charge in [-0.2, -0.15) is 10.2 Å². The number of aryl methyl sites for hydroxylation is 4. The molecule has 1 aliphatic heterocycles. The van der Waals surface area contributed by atoms with Crippen LogP contribution in [0.4, 0.5) is 0 Å². The molecular weight excluding hydrogens is 983 g/mol. The molecule has 0 saturated carbocycles. The van der Waals surface area contributed by atoms with Crippen molar-refractivity contribution in [2.75, 3.05) is 0 Å². The Labute approximate surface area is 399 Å². The molecule has 0 saturated heterocycles. The van der Waals surface area contributed by atoms with Gasteiger partial charge in [0, 0.05) is 47.4 Å². The second-order valence-corrected chi connectivity index (χ2v) is 22.1. The summed E-state index contributed by atoms with van der Waals surface area (Å²) < 4.78 is 3.50. The smallest absolute Gasteiger partial charge is 0.247 e. The number of rotatable bonds is 7. The van der Waals surface area contributed by atoms with Crippen LogP contribution in [0, 0.1) is 39.2 Å². The third-order valence-electron chi connectivity index (χ3n) is 13.1. The van der Waals surface area contributed by atoms with Crippen LogP contribution < -0.4 is 16.4 Å². The third kappa shape index (κ3) is 7.69. The molecule has 5 aromatic carbocycles. The number of para-hydroxylation sites is 1. The Morgan fingerprint density at radius 1 is 0.766 bits per heavy atom. The number of hydrogen-bond acceptors (Lipinski definition) is 5. The molecule has 0 fully saturated rings. The largest absolute Gasteiger partial charge is 0.507 e. The summed E-state index contributed by atoms with van der Waals surface area (Å²) in [5.41, 5.74) is 19.4. The standard InChI is InChI=1S/C56H60BN4OS.Pt/c1-30(2)39-18-17-19-40(31(3)4)48(39)57-43-20-15-16-21-45(43)61-51-44(57)23-22-41(50(51)58-54(61)42-25-32(5)24-33(6)52(42)62)36-26-37(28-38(27-36)56(12,13)14)49-53-47(35(8)59-60-49)34(7)46(63-53)29-55(9,10)11;/h15-25,27-28,30-31,62H,29H2,1-14H3;/q-1;. The van der Waals surface area contributed by atoms with E-state index in [-0.39, 0.29) is 44.4 Å². The summed E-state index contributed by atoms with van der Waals surface area (Å²) in [6.45, 7) is 31.4. The molecule has 0 spiro atoms. The van der Waals surface area contributed by atoms with Gasteiger partial charge in [-0.25, -0.2) is 4.98 Å². The van der Waals surface area contributed by atoms with Gasteiger partial charge in [0.25, 0.3) is 0 Å². The van der Waals surface area contributed by atoms with Gasteiger partial charge >= 0.3 is 0 Å². The fourth-order valence-electron chi connectivity index (χ4n) is 10.0. The summed E-state index contributed by atoms with van der Waals surface area (Å²) in [7, 11) is 0. The minimum Gasteiger partial charge on any atom is -0.507 e. The summed E-state index contributed by atoms with van der Waals surface area (Å²) in [6.07, 6.45) is 0.990. The van der Waals surface area contributed by atoms with Crippen molar-refractivity contribution in [2.45, 2.75) is 121 Å². The zero-order chi connectivity index (χ0) is 45.0. The quantitative estimate of drug-likeness (QED) is 0.128. The van der Waals surface area contributed by atoms with E-state index in [4.69, 9.17) is 15.2 Å². The van der Waals surface area contributed by atoms with E-state index in [0.717, 1.165) is 73.7 Å². The molecule has 0 unspecified atom stereocenters. The molecule has 3 aromatic heterocycles. The molecule has 0 atom stereocenters. The van der Waals surface area contributed by atoms with Crippen molar-refractivity contribution in [2.24, 2.45) is 5.41 Å². The van der Waals surface area contributed by atoms with Crippen molar-refractivity contribution >= 4 is 55.6 Å². The van der Waals surface area contributed by atoms with Crippen LogP contribution in [0.2, 0.25) is 0 Å². The average molecular weight is 1040 g/mol. The fourth-order valence-corrected chi connectivity index (χ4v) is 11.7. The molecule has 0 bridgehead atoms. The molecule has 0 radical (unpaired) electrons. The van der Waals surface area contributed by atoms with E-state index < -0.39 is 0 Å². The molecule has 1 N–H and O–H groups in total. The van der Waals surface area contributed by atoms with Crippen molar-refractivity contribution in [1.29, 1.82) is 0 Å². The van der Waals surface area contributed by atoms with E-state index in [1.807, 2.05) is 24.3 Å². The molecule has 8 aromatic rings. The molecule has 8 heteroatoms. The number of phenols is 1. The zero-order valence-corrected chi connectivity index (χ0v) is 43.0. The van der Waals surface area contributed by atoms with E-state index in [1.165, 1.54) is 53.6 Å². The number of fused-ring (bicyclic) bond motifs is 3. The third-order valence-corrected chi connectivity index (χ3v) is 14.4. The number of aromatic hydroxyl groups is 1.